The summed E-state index contributed by atoms with van der Waals surface area (Å²) >= 11 is 1.14. The van der Waals surface area contributed by atoms with E-state index in [4.69, 9.17) is 5.11 Å². The Bertz CT molecular complexity index is 768. The maximum atomic E-state index is 9.28. The van der Waals surface area contributed by atoms with E-state index in [0.717, 1.165) is 34.0 Å². The molecule has 0 saturated heterocycles. The number of nitrogens with zero attached hydrogens (tertiary/aromatic N) is 2. The highest BCUT2D eigenvalue weighted by atomic mass is 32.2. The van der Waals surface area contributed by atoms with E-state index in [2.05, 4.69) is 33.9 Å². The summed E-state index contributed by atoms with van der Waals surface area (Å²) in [5.41, 5.74) is 2.08. The van der Waals surface area contributed by atoms with Gasteiger partial charge in [0, 0.05) is 26.3 Å². The molecule has 0 spiro atoms. The van der Waals surface area contributed by atoms with E-state index in [-0.39, 0.29) is 13.2 Å². The van der Waals surface area contributed by atoms with Crippen LogP contribution in [0.5, 0.6) is 0 Å². The van der Waals surface area contributed by atoms with Crippen LogP contribution in [-0.2, 0) is 0 Å². The van der Waals surface area contributed by atoms with Gasteiger partial charge in [0.25, 0.3) is 0 Å². The first-order valence-electron chi connectivity index (χ1n) is 7.55. The number of fused-ring (bicyclic) bond motifs is 1. The molecule has 1 unspecified atom stereocenters. The Hall–Kier alpha value is -2.04. The average molecular weight is 343 g/mol. The molecule has 0 aliphatic carbocycles. The van der Waals surface area contributed by atoms with Gasteiger partial charge in [-0.3, -0.25) is 4.72 Å². The van der Waals surface area contributed by atoms with Crippen molar-refractivity contribution < 1.29 is 10.2 Å². The molecule has 0 bridgehead atoms. The molecular weight excluding hydrogens is 322 g/mol. The molecular formula is C18H21N3O2S. The summed E-state index contributed by atoms with van der Waals surface area (Å²) in [4.78, 5) is 2.55. The van der Waals surface area contributed by atoms with Gasteiger partial charge in [-0.25, -0.2) is 0 Å². The molecule has 0 heterocycles. The van der Waals surface area contributed by atoms with E-state index in [0.29, 0.717) is 4.91 Å². The summed E-state index contributed by atoms with van der Waals surface area (Å²) in [6, 6.07) is 14.4. The van der Waals surface area contributed by atoms with Gasteiger partial charge >= 0.3 is 0 Å². The van der Waals surface area contributed by atoms with Crippen LogP contribution in [0.4, 0.5) is 5.69 Å². The Morgan fingerprint density at radius 1 is 1.29 bits per heavy atom. The number of benzene rings is 2. The predicted octanol–water partition coefficient (Wildman–Crippen LogP) is 2.36. The molecule has 2 aromatic carbocycles. The molecule has 2 aromatic rings. The van der Waals surface area contributed by atoms with E-state index < -0.39 is 6.10 Å². The van der Waals surface area contributed by atoms with Crippen molar-refractivity contribution in [1.82, 2.24) is 4.72 Å². The van der Waals surface area contributed by atoms with Crippen molar-refractivity contribution in [3.05, 3.63) is 46.9 Å². The van der Waals surface area contributed by atoms with Crippen LogP contribution in [0, 0.1) is 11.3 Å². The van der Waals surface area contributed by atoms with Crippen LogP contribution >= 0.6 is 11.9 Å². The van der Waals surface area contributed by atoms with Crippen molar-refractivity contribution >= 4 is 34.5 Å². The number of aliphatic hydroxyl groups excluding tert-OH is 2. The van der Waals surface area contributed by atoms with Crippen LogP contribution in [0.15, 0.2) is 41.3 Å². The highest BCUT2D eigenvalue weighted by Gasteiger charge is 2.04. The Kier molecular flexibility index (Phi) is 6.64. The molecule has 1 atom stereocenters. The molecule has 0 aliphatic rings. The first-order valence-corrected chi connectivity index (χ1v) is 8.36. The first-order chi connectivity index (χ1) is 11.5. The monoisotopic (exact) mass is 343 g/mol. The second-order valence-electron chi connectivity index (χ2n) is 5.59. The van der Waals surface area contributed by atoms with Gasteiger partial charge in [-0.2, -0.15) is 5.26 Å². The molecule has 0 fully saturated rings. The van der Waals surface area contributed by atoms with Crippen molar-refractivity contribution in [2.24, 2.45) is 0 Å². The molecule has 5 nitrogen and oxygen atoms in total. The summed E-state index contributed by atoms with van der Waals surface area (Å²) in [6.45, 7) is -0.0933. The van der Waals surface area contributed by atoms with Crippen LogP contribution in [0.1, 0.15) is 5.56 Å². The fourth-order valence-corrected chi connectivity index (χ4v) is 2.81. The normalized spacial score (nSPS) is 12.9. The maximum absolute atomic E-state index is 9.28. The van der Waals surface area contributed by atoms with Crippen molar-refractivity contribution in [3.63, 3.8) is 0 Å². The van der Waals surface area contributed by atoms with Crippen molar-refractivity contribution in [2.75, 3.05) is 32.1 Å². The van der Waals surface area contributed by atoms with E-state index in [1.807, 2.05) is 32.3 Å². The molecule has 3 N–H and O–H groups in total. The number of hydrogen-bond donors (Lipinski definition) is 3. The summed E-state index contributed by atoms with van der Waals surface area (Å²) < 4.78 is 2.87. The van der Waals surface area contributed by atoms with Gasteiger partial charge in [0.2, 0.25) is 0 Å². The molecule has 24 heavy (non-hydrogen) atoms. The first kappa shape index (κ1) is 18.3. The second kappa shape index (κ2) is 8.71. The zero-order chi connectivity index (χ0) is 17.5. The predicted molar refractivity (Wildman–Crippen MR) is 101 cm³/mol. The van der Waals surface area contributed by atoms with Gasteiger partial charge < -0.3 is 15.1 Å². The van der Waals surface area contributed by atoms with Crippen LogP contribution in [0.3, 0.4) is 0 Å². The topological polar surface area (TPSA) is 79.5 Å². The number of aliphatic hydroxyl groups is 2. The lowest BCUT2D eigenvalue weighted by molar-refractivity contribution is 0.0994. The maximum Gasteiger partial charge on any atom is 0.107 e. The Morgan fingerprint density at radius 2 is 2.00 bits per heavy atom. The SMILES string of the molecule is CN(C)c1ccc2cc(/C=C(\C#N)SNCC(O)CO)ccc2c1. The van der Waals surface area contributed by atoms with Gasteiger partial charge in [-0.05, 0) is 52.6 Å². The third kappa shape index (κ3) is 4.98. The fraction of sp³-hybridized carbons (Fsp3) is 0.278. The summed E-state index contributed by atoms with van der Waals surface area (Å²) in [6.07, 6.45) is 0.964. The third-order valence-electron chi connectivity index (χ3n) is 3.48. The highest BCUT2D eigenvalue weighted by Crippen LogP contribution is 2.24. The molecule has 0 saturated carbocycles. The highest BCUT2D eigenvalue weighted by molar-refractivity contribution is 8.01. The molecule has 2 rings (SSSR count). The molecule has 0 radical (unpaired) electrons. The molecule has 6 heteroatoms. The van der Waals surface area contributed by atoms with Gasteiger partial charge in [0.1, 0.15) is 11.0 Å². The third-order valence-corrected chi connectivity index (χ3v) is 4.22. The van der Waals surface area contributed by atoms with Crippen molar-refractivity contribution in [1.29, 1.82) is 5.26 Å². The summed E-state index contributed by atoms with van der Waals surface area (Å²) in [7, 11) is 4.02. The van der Waals surface area contributed by atoms with E-state index in [1.165, 1.54) is 0 Å². The van der Waals surface area contributed by atoms with Crippen LogP contribution in [0.2, 0.25) is 0 Å². The number of anilines is 1. The van der Waals surface area contributed by atoms with Gasteiger partial charge in [-0.15, -0.1) is 0 Å². The van der Waals surface area contributed by atoms with Gasteiger partial charge in [0.05, 0.1) is 12.7 Å². The number of nitrogens with one attached hydrogen (secondary N) is 1. The van der Waals surface area contributed by atoms with E-state index in [1.54, 1.807) is 6.08 Å². The summed E-state index contributed by atoms with van der Waals surface area (Å²) in [5.74, 6) is 0. The quantitative estimate of drug-likeness (QED) is 0.529. The minimum atomic E-state index is -0.830. The van der Waals surface area contributed by atoms with Crippen LogP contribution in [-0.4, -0.2) is 43.6 Å². The summed E-state index contributed by atoms with van der Waals surface area (Å²) in [5, 5.41) is 29.5. The number of nitriles is 1. The standard InChI is InChI=1S/C18H21N3O2S/c1-21(2)16-6-5-14-7-13(3-4-15(14)9-16)8-18(10-19)24-20-11-17(23)12-22/h3-9,17,20,22-23H,11-12H2,1-2H3/b18-8+. The number of hydrogen-bond acceptors (Lipinski definition) is 6. The van der Waals surface area contributed by atoms with Crippen LogP contribution in [0.25, 0.3) is 16.8 Å². The van der Waals surface area contributed by atoms with E-state index >= 15 is 0 Å². The zero-order valence-corrected chi connectivity index (χ0v) is 14.5. The van der Waals surface area contributed by atoms with Crippen molar-refractivity contribution in [3.8, 4) is 6.07 Å². The van der Waals surface area contributed by atoms with Gasteiger partial charge in [0.15, 0.2) is 0 Å². The second-order valence-corrected chi connectivity index (χ2v) is 6.53. The Morgan fingerprint density at radius 3 is 2.67 bits per heavy atom. The molecule has 0 amide bonds. The average Bonchev–Trinajstić information content (AvgIpc) is 2.59. The molecule has 126 valence electrons. The number of rotatable bonds is 7. The fourth-order valence-electron chi connectivity index (χ4n) is 2.14. The minimum Gasteiger partial charge on any atom is -0.394 e. The lowest BCUT2D eigenvalue weighted by Gasteiger charge is -2.13. The zero-order valence-electron chi connectivity index (χ0n) is 13.7. The van der Waals surface area contributed by atoms with E-state index in [9.17, 15) is 10.4 Å². The van der Waals surface area contributed by atoms with Crippen molar-refractivity contribution in [2.45, 2.75) is 6.10 Å². The van der Waals surface area contributed by atoms with Crippen LogP contribution < -0.4 is 9.62 Å². The smallest absolute Gasteiger partial charge is 0.107 e. The lowest BCUT2D eigenvalue weighted by atomic mass is 10.1. The Labute approximate surface area is 146 Å². The largest absolute Gasteiger partial charge is 0.394 e. The van der Waals surface area contributed by atoms with Gasteiger partial charge in [-0.1, -0.05) is 18.2 Å². The molecule has 0 aromatic heterocycles. The Balaban J connectivity index is 2.15. The minimum absolute atomic E-state index is 0.214. The molecule has 0 aliphatic heterocycles. The lowest BCUT2D eigenvalue weighted by Crippen LogP contribution is -2.25. The number of allylic oxidation sites excluding steroid dienone is 1.